The second kappa shape index (κ2) is 7.37. The van der Waals surface area contributed by atoms with Crippen molar-refractivity contribution in [2.45, 2.75) is 38.8 Å². The fraction of sp³-hybridized carbons (Fsp3) is 0.318. The summed E-state index contributed by atoms with van der Waals surface area (Å²) in [6, 6.07) is 10.9. The van der Waals surface area contributed by atoms with Gasteiger partial charge in [0.15, 0.2) is 0 Å². The van der Waals surface area contributed by atoms with Gasteiger partial charge in [-0.3, -0.25) is 9.69 Å². The Morgan fingerprint density at radius 1 is 1.19 bits per heavy atom. The van der Waals surface area contributed by atoms with Crippen LogP contribution in [0.1, 0.15) is 31.7 Å². The lowest BCUT2D eigenvalue weighted by molar-refractivity contribution is 0.151. The fourth-order valence-electron chi connectivity index (χ4n) is 3.86. The van der Waals surface area contributed by atoms with Crippen molar-refractivity contribution in [2.24, 2.45) is 0 Å². The lowest BCUT2D eigenvalue weighted by atomic mass is 10.0. The van der Waals surface area contributed by atoms with Crippen LogP contribution in [-0.2, 0) is 6.54 Å². The first-order valence-electron chi connectivity index (χ1n) is 9.31. The minimum atomic E-state index is -0.141. The highest BCUT2D eigenvalue weighted by molar-refractivity contribution is 6.33. The molecule has 1 N–H and O–H groups in total. The minimum absolute atomic E-state index is 0.141. The van der Waals surface area contributed by atoms with Crippen molar-refractivity contribution in [3.8, 4) is 16.9 Å². The van der Waals surface area contributed by atoms with E-state index in [2.05, 4.69) is 11.8 Å². The molecule has 1 aromatic heterocycles. The predicted molar refractivity (Wildman–Crippen MR) is 108 cm³/mol. The molecule has 27 heavy (non-hydrogen) atoms. The third kappa shape index (κ3) is 3.35. The van der Waals surface area contributed by atoms with Gasteiger partial charge in [-0.05, 0) is 44.5 Å². The number of rotatable bonds is 3. The highest BCUT2D eigenvalue weighted by Crippen LogP contribution is 2.32. The van der Waals surface area contributed by atoms with E-state index >= 15 is 0 Å². The topological polar surface area (TPSA) is 53.7 Å². The molecular formula is C22H22ClNO3. The Hall–Kier alpha value is -2.30. The molecule has 0 spiro atoms. The Morgan fingerprint density at radius 2 is 2.00 bits per heavy atom. The lowest BCUT2D eigenvalue weighted by Crippen LogP contribution is -2.36. The molecule has 0 saturated carbocycles. The molecule has 1 unspecified atom stereocenters. The quantitative estimate of drug-likeness (QED) is 0.675. The second-order valence-electron chi connectivity index (χ2n) is 7.21. The van der Waals surface area contributed by atoms with Gasteiger partial charge in [0.05, 0.1) is 16.5 Å². The van der Waals surface area contributed by atoms with E-state index in [4.69, 9.17) is 16.0 Å². The fourth-order valence-corrected chi connectivity index (χ4v) is 4.10. The zero-order chi connectivity index (χ0) is 19.0. The molecule has 1 atom stereocenters. The Kier molecular flexibility index (Phi) is 4.94. The van der Waals surface area contributed by atoms with E-state index < -0.39 is 0 Å². The van der Waals surface area contributed by atoms with E-state index in [0.717, 1.165) is 19.4 Å². The van der Waals surface area contributed by atoms with Crippen LogP contribution in [-0.4, -0.2) is 22.6 Å². The molecule has 1 fully saturated rings. The third-order valence-electron chi connectivity index (χ3n) is 5.49. The molecule has 2 aromatic carbocycles. The van der Waals surface area contributed by atoms with Crippen molar-refractivity contribution in [3.05, 3.63) is 63.5 Å². The Balaban J connectivity index is 1.82. The average molecular weight is 384 g/mol. The van der Waals surface area contributed by atoms with Gasteiger partial charge in [-0.25, -0.2) is 0 Å². The van der Waals surface area contributed by atoms with Crippen molar-refractivity contribution < 1.29 is 9.52 Å². The summed E-state index contributed by atoms with van der Waals surface area (Å²) in [6.07, 6.45) is 4.98. The summed E-state index contributed by atoms with van der Waals surface area (Å²) >= 11 is 6.26. The van der Waals surface area contributed by atoms with Crippen LogP contribution in [0.25, 0.3) is 22.1 Å². The highest BCUT2D eigenvalue weighted by atomic mass is 35.5. The molecule has 4 rings (SSSR count). The summed E-state index contributed by atoms with van der Waals surface area (Å²) in [5.74, 6) is 0.161. The number of phenols is 1. The number of hydrogen-bond donors (Lipinski definition) is 1. The van der Waals surface area contributed by atoms with Crippen molar-refractivity contribution >= 4 is 22.6 Å². The number of nitrogens with zero attached hydrogens (tertiary/aromatic N) is 1. The molecule has 1 aliphatic heterocycles. The van der Waals surface area contributed by atoms with E-state index in [0.29, 0.717) is 45.3 Å². The largest absolute Gasteiger partial charge is 0.507 e. The first-order chi connectivity index (χ1) is 13.1. The SMILES string of the molecule is CC1CCCCN1Cc1c(O)ccc2c(=O)c(-c3ccccc3Cl)coc12. The van der Waals surface area contributed by atoms with Gasteiger partial charge in [-0.15, -0.1) is 0 Å². The van der Waals surface area contributed by atoms with Gasteiger partial charge in [-0.1, -0.05) is 36.2 Å². The zero-order valence-corrected chi connectivity index (χ0v) is 16.0. The van der Waals surface area contributed by atoms with Crippen LogP contribution < -0.4 is 5.43 Å². The number of likely N-dealkylation sites (tertiary alicyclic amines) is 1. The summed E-state index contributed by atoms with van der Waals surface area (Å²) in [5, 5.41) is 11.4. The molecule has 0 bridgehead atoms. The molecule has 2 heterocycles. The normalized spacial score (nSPS) is 18.1. The number of aromatic hydroxyl groups is 1. The minimum Gasteiger partial charge on any atom is -0.507 e. The Labute approximate surface area is 163 Å². The van der Waals surface area contributed by atoms with E-state index in [1.165, 1.54) is 12.7 Å². The number of benzene rings is 2. The standard InChI is InChI=1S/C22H22ClNO3/c1-14-6-4-5-11-24(14)12-17-20(25)10-9-16-21(26)18(13-27-22(16)17)15-7-2-3-8-19(15)23/h2-3,7-10,13-14,25H,4-6,11-12H2,1H3. The van der Waals surface area contributed by atoms with Gasteiger partial charge < -0.3 is 9.52 Å². The molecule has 5 heteroatoms. The first kappa shape index (κ1) is 18.1. The van der Waals surface area contributed by atoms with Gasteiger partial charge in [-0.2, -0.15) is 0 Å². The smallest absolute Gasteiger partial charge is 0.200 e. The molecule has 4 nitrogen and oxygen atoms in total. The van der Waals surface area contributed by atoms with Gasteiger partial charge in [0.2, 0.25) is 5.43 Å². The molecular weight excluding hydrogens is 362 g/mol. The number of halogens is 1. The molecule has 1 aliphatic rings. The number of piperidine rings is 1. The van der Waals surface area contributed by atoms with Crippen molar-refractivity contribution in [1.29, 1.82) is 0 Å². The van der Waals surface area contributed by atoms with E-state index in [9.17, 15) is 9.90 Å². The molecule has 1 saturated heterocycles. The van der Waals surface area contributed by atoms with Crippen LogP contribution in [0, 0.1) is 0 Å². The van der Waals surface area contributed by atoms with Crippen LogP contribution in [0.3, 0.4) is 0 Å². The van der Waals surface area contributed by atoms with Crippen LogP contribution in [0.4, 0.5) is 0 Å². The average Bonchev–Trinajstić information content (AvgIpc) is 2.67. The summed E-state index contributed by atoms with van der Waals surface area (Å²) in [6.45, 7) is 3.75. The van der Waals surface area contributed by atoms with Crippen molar-refractivity contribution in [3.63, 3.8) is 0 Å². The summed E-state index contributed by atoms with van der Waals surface area (Å²) < 4.78 is 5.88. The maximum Gasteiger partial charge on any atom is 0.200 e. The predicted octanol–water partition coefficient (Wildman–Crippen LogP) is 5.19. The second-order valence-corrected chi connectivity index (χ2v) is 7.62. The van der Waals surface area contributed by atoms with E-state index in [1.807, 2.05) is 12.1 Å². The highest BCUT2D eigenvalue weighted by Gasteiger charge is 2.22. The zero-order valence-electron chi connectivity index (χ0n) is 15.2. The van der Waals surface area contributed by atoms with Gasteiger partial charge in [0.1, 0.15) is 17.6 Å². The van der Waals surface area contributed by atoms with Crippen molar-refractivity contribution in [2.75, 3.05) is 6.54 Å². The van der Waals surface area contributed by atoms with Gasteiger partial charge >= 0.3 is 0 Å². The Bertz CT molecular complexity index is 1040. The molecule has 0 aliphatic carbocycles. The van der Waals surface area contributed by atoms with E-state index in [1.54, 1.807) is 24.3 Å². The van der Waals surface area contributed by atoms with Crippen LogP contribution >= 0.6 is 11.6 Å². The molecule has 140 valence electrons. The number of phenolic OH excluding ortho intramolecular Hbond substituents is 1. The Morgan fingerprint density at radius 3 is 2.78 bits per heavy atom. The summed E-state index contributed by atoms with van der Waals surface area (Å²) in [5.41, 5.74) is 2.06. The van der Waals surface area contributed by atoms with Crippen LogP contribution in [0.2, 0.25) is 5.02 Å². The number of fused-ring (bicyclic) bond motifs is 1. The molecule has 0 radical (unpaired) electrons. The molecule has 3 aromatic rings. The molecule has 0 amide bonds. The van der Waals surface area contributed by atoms with Gasteiger partial charge in [0, 0.05) is 23.2 Å². The number of hydrogen-bond acceptors (Lipinski definition) is 4. The maximum absolute atomic E-state index is 13.1. The van der Waals surface area contributed by atoms with Crippen LogP contribution in [0.15, 0.2) is 51.9 Å². The maximum atomic E-state index is 13.1. The van der Waals surface area contributed by atoms with Crippen molar-refractivity contribution in [1.82, 2.24) is 4.90 Å². The van der Waals surface area contributed by atoms with E-state index in [-0.39, 0.29) is 11.2 Å². The first-order valence-corrected chi connectivity index (χ1v) is 9.69. The summed E-state index contributed by atoms with van der Waals surface area (Å²) in [4.78, 5) is 15.4. The lowest BCUT2D eigenvalue weighted by Gasteiger charge is -2.33. The third-order valence-corrected chi connectivity index (χ3v) is 5.82. The summed E-state index contributed by atoms with van der Waals surface area (Å²) in [7, 11) is 0. The monoisotopic (exact) mass is 383 g/mol. The van der Waals surface area contributed by atoms with Crippen LogP contribution in [0.5, 0.6) is 5.75 Å². The van der Waals surface area contributed by atoms with Gasteiger partial charge in [0.25, 0.3) is 0 Å².